The second kappa shape index (κ2) is 14.5. The first-order valence-electron chi connectivity index (χ1n) is 16.0. The van der Waals surface area contributed by atoms with E-state index < -0.39 is 34.8 Å². The Morgan fingerprint density at radius 1 is 0.714 bits per heavy atom. The van der Waals surface area contributed by atoms with Gasteiger partial charge >= 0.3 is 231 Å². The Morgan fingerprint density at radius 2 is 1.11 bits per heavy atom. The first-order chi connectivity index (χ1) is 16.3. The van der Waals surface area contributed by atoms with Crippen LogP contribution in [-0.2, 0) is 4.43 Å². The van der Waals surface area contributed by atoms with Crippen LogP contribution < -0.4 is 0 Å². The van der Waals surface area contributed by atoms with Crippen molar-refractivity contribution in [2.24, 2.45) is 5.92 Å². The van der Waals surface area contributed by atoms with Crippen LogP contribution >= 0.6 is 0 Å². The van der Waals surface area contributed by atoms with E-state index in [1.807, 2.05) is 0 Å². The number of hydrogen-bond donors (Lipinski definition) is 0. The van der Waals surface area contributed by atoms with Gasteiger partial charge in [0.05, 0.1) is 0 Å². The van der Waals surface area contributed by atoms with Crippen molar-refractivity contribution in [1.29, 1.82) is 0 Å². The molecule has 0 spiro atoms. The van der Waals surface area contributed by atoms with Gasteiger partial charge < -0.3 is 0 Å². The monoisotopic (exact) mass is 632 g/mol. The van der Waals surface area contributed by atoms with E-state index in [9.17, 15) is 0 Å². The summed E-state index contributed by atoms with van der Waals surface area (Å²) in [5.41, 5.74) is 2.07. The van der Waals surface area contributed by atoms with Crippen molar-refractivity contribution in [3.63, 3.8) is 0 Å². The Balaban J connectivity index is 3.63. The molecule has 0 aromatic carbocycles. The summed E-state index contributed by atoms with van der Waals surface area (Å²) in [5, 5.41) is 0. The molecule has 0 N–H and O–H groups in total. The van der Waals surface area contributed by atoms with E-state index in [1.54, 1.807) is 19.7 Å². The minimum absolute atomic E-state index is 0.534. The van der Waals surface area contributed by atoms with Crippen molar-refractivity contribution < 1.29 is 4.43 Å². The summed E-state index contributed by atoms with van der Waals surface area (Å²) in [4.78, 5) is 0. The molecular formula is C31H68OSi2Sn. The normalized spacial score (nSPS) is 22.5. The summed E-state index contributed by atoms with van der Waals surface area (Å²) in [7, 11) is -3.21. The van der Waals surface area contributed by atoms with Crippen molar-refractivity contribution >= 4 is 34.8 Å². The molecule has 1 rings (SSSR count). The van der Waals surface area contributed by atoms with E-state index in [-0.39, 0.29) is 0 Å². The molecule has 210 valence electrons. The third-order valence-corrected chi connectivity index (χ3v) is 48.0. The zero-order valence-corrected chi connectivity index (χ0v) is 31.6. The molecule has 4 heteroatoms. The predicted molar refractivity (Wildman–Crippen MR) is 170 cm³/mol. The van der Waals surface area contributed by atoms with Gasteiger partial charge in [-0.05, 0) is 0 Å². The summed E-state index contributed by atoms with van der Waals surface area (Å²) in [5.74, 6) is 0.888. The SMILES string of the molecule is CCC[CH2][Sn]([CH2]CCC)([CH2]CCC)[C@@]1([Si](C)(C)C)C[C@H]1[C@@H](CCC)O[Si](C(C)C)(C(C)C)C(C)C. The topological polar surface area (TPSA) is 9.23 Å². The van der Waals surface area contributed by atoms with Gasteiger partial charge in [-0.15, -0.1) is 0 Å². The molecule has 35 heavy (non-hydrogen) atoms. The molecule has 1 nitrogen and oxygen atoms in total. The molecule has 0 heterocycles. The van der Waals surface area contributed by atoms with Gasteiger partial charge in [-0.2, -0.15) is 0 Å². The minimum atomic E-state index is -2.43. The van der Waals surface area contributed by atoms with Crippen LogP contribution in [0.2, 0.25) is 52.6 Å². The summed E-state index contributed by atoms with van der Waals surface area (Å²) < 4.78 is 13.5. The zero-order chi connectivity index (χ0) is 27.1. The average Bonchev–Trinajstić information content (AvgIpc) is 3.53. The molecule has 0 unspecified atom stereocenters. The van der Waals surface area contributed by atoms with E-state index in [2.05, 4.69) is 88.9 Å². The van der Waals surface area contributed by atoms with Crippen molar-refractivity contribution in [1.82, 2.24) is 0 Å². The molecule has 0 bridgehead atoms. The third kappa shape index (κ3) is 7.24. The zero-order valence-electron chi connectivity index (χ0n) is 26.8. The Morgan fingerprint density at radius 3 is 1.40 bits per heavy atom. The first kappa shape index (κ1) is 34.2. The van der Waals surface area contributed by atoms with E-state index in [0.29, 0.717) is 22.7 Å². The molecule has 0 radical (unpaired) electrons. The summed E-state index contributed by atoms with van der Waals surface area (Å²) in [6, 6.07) is 0. The molecule has 1 fully saturated rings. The van der Waals surface area contributed by atoms with Crippen LogP contribution in [0.3, 0.4) is 0 Å². The molecule has 0 saturated heterocycles. The van der Waals surface area contributed by atoms with Gasteiger partial charge in [0.15, 0.2) is 0 Å². The fourth-order valence-electron chi connectivity index (χ4n) is 8.89. The van der Waals surface area contributed by atoms with Crippen molar-refractivity contribution in [3.8, 4) is 0 Å². The fourth-order valence-corrected chi connectivity index (χ4v) is 53.8. The Kier molecular flexibility index (Phi) is 14.2. The number of rotatable bonds is 19. The molecular weight excluding hydrogens is 563 g/mol. The molecule has 1 aliphatic carbocycles. The van der Waals surface area contributed by atoms with Crippen LogP contribution in [-0.4, -0.2) is 40.9 Å². The maximum absolute atomic E-state index is 7.74. The predicted octanol–water partition coefficient (Wildman–Crippen LogP) is 11.8. The third-order valence-electron chi connectivity index (χ3n) is 10.4. The van der Waals surface area contributed by atoms with Crippen LogP contribution in [0.4, 0.5) is 0 Å². The molecule has 1 saturated carbocycles. The maximum atomic E-state index is 7.74. The summed E-state index contributed by atoms with van der Waals surface area (Å²) in [6.07, 6.45) is 13.4. The van der Waals surface area contributed by atoms with Crippen LogP contribution in [0.5, 0.6) is 0 Å². The summed E-state index contributed by atoms with van der Waals surface area (Å²) >= 11 is -2.43. The van der Waals surface area contributed by atoms with E-state index in [1.165, 1.54) is 51.4 Å². The van der Waals surface area contributed by atoms with Crippen LogP contribution in [0, 0.1) is 5.92 Å². The van der Waals surface area contributed by atoms with Gasteiger partial charge in [0.1, 0.15) is 0 Å². The van der Waals surface area contributed by atoms with Gasteiger partial charge in [-0.25, -0.2) is 0 Å². The molecule has 0 aromatic rings. The first-order valence-corrected chi connectivity index (χ1v) is 29.1. The second-order valence-corrected chi connectivity index (χ2v) is 40.7. The van der Waals surface area contributed by atoms with Crippen LogP contribution in [0.15, 0.2) is 0 Å². The van der Waals surface area contributed by atoms with E-state index >= 15 is 0 Å². The van der Waals surface area contributed by atoms with Crippen molar-refractivity contribution in [3.05, 3.63) is 0 Å². The molecule has 1 aliphatic rings. The number of hydrogen-bond acceptors (Lipinski definition) is 1. The molecule has 0 aromatic heterocycles. The van der Waals surface area contributed by atoms with Gasteiger partial charge in [-0.3, -0.25) is 0 Å². The summed E-state index contributed by atoms with van der Waals surface area (Å²) in [6.45, 7) is 33.0. The Labute approximate surface area is 229 Å². The Hall–Kier alpha value is 1.19. The van der Waals surface area contributed by atoms with Crippen LogP contribution in [0.25, 0.3) is 0 Å². The van der Waals surface area contributed by atoms with Gasteiger partial charge in [0.2, 0.25) is 0 Å². The fraction of sp³-hybridized carbons (Fsp3) is 1.00. The van der Waals surface area contributed by atoms with Gasteiger partial charge in [0, 0.05) is 0 Å². The number of unbranched alkanes of at least 4 members (excludes halogenated alkanes) is 3. The Bertz CT molecular complexity index is 554. The second-order valence-electron chi connectivity index (χ2n) is 14.4. The standard InChI is InChI=1S/C19H41OSi2.3C4H9.Sn/c1-11-12-18(17-13-19(17)21(8,9)10)20-22(14(2)3,15(4)5)16(6)7;3*1-3-4-2;/h14-18H,11-13H2,1-10H3;3*1,3-4H2,2H3;/t17-,18+;;;;/m0..../s1. The quantitative estimate of drug-likeness (QED) is 0.129. The van der Waals surface area contributed by atoms with Gasteiger partial charge in [-0.1, -0.05) is 0 Å². The average molecular weight is 632 g/mol. The molecule has 0 aliphatic heterocycles. The molecule has 3 atom stereocenters. The van der Waals surface area contributed by atoms with Crippen molar-refractivity contribution in [2.75, 3.05) is 0 Å². The molecule has 0 amide bonds. The van der Waals surface area contributed by atoms with Gasteiger partial charge in [0.25, 0.3) is 0 Å². The van der Waals surface area contributed by atoms with E-state index in [0.717, 1.165) is 8.97 Å². The van der Waals surface area contributed by atoms with Crippen LogP contribution in [0.1, 0.15) is 127 Å². The van der Waals surface area contributed by atoms with E-state index in [4.69, 9.17) is 4.43 Å². The van der Waals surface area contributed by atoms with Crippen molar-refractivity contribution in [2.45, 2.75) is 186 Å².